The fourth-order valence-electron chi connectivity index (χ4n) is 1.97. The molecule has 0 fully saturated rings. The molecule has 1 N–H and O–H groups in total. The maximum Gasteiger partial charge on any atom is 0.225 e. The number of carbonyl (C=O) groups excluding carboxylic acids is 1. The molecule has 0 aliphatic carbocycles. The van der Waals surface area contributed by atoms with E-state index in [-0.39, 0.29) is 5.91 Å². The van der Waals surface area contributed by atoms with Gasteiger partial charge >= 0.3 is 0 Å². The Morgan fingerprint density at radius 1 is 1.39 bits per heavy atom. The second kappa shape index (κ2) is 8.91. The summed E-state index contributed by atoms with van der Waals surface area (Å²) in [7, 11) is 0. The molecule has 0 bridgehead atoms. The Balaban J connectivity index is 1.89. The minimum absolute atomic E-state index is 0.0753. The summed E-state index contributed by atoms with van der Waals surface area (Å²) in [5.74, 6) is 0.498. The lowest BCUT2D eigenvalue weighted by atomic mass is 10.2. The first kappa shape index (κ1) is 17.0. The molecule has 2 aromatic heterocycles. The number of aryl methyl sites for hydroxylation is 1. The van der Waals surface area contributed by atoms with Crippen LogP contribution >= 0.6 is 11.8 Å². The molecule has 0 aromatic carbocycles. The van der Waals surface area contributed by atoms with E-state index in [1.165, 1.54) is 11.8 Å². The van der Waals surface area contributed by atoms with Crippen LogP contribution in [0, 0.1) is 11.3 Å². The third kappa shape index (κ3) is 5.38. The van der Waals surface area contributed by atoms with Gasteiger partial charge in [-0.05, 0) is 30.7 Å². The van der Waals surface area contributed by atoms with Crippen molar-refractivity contribution in [3.63, 3.8) is 0 Å². The number of hydrogen-bond acceptors (Lipinski definition) is 5. The predicted molar refractivity (Wildman–Crippen MR) is 91.2 cm³/mol. The highest BCUT2D eigenvalue weighted by Gasteiger charge is 2.08. The highest BCUT2D eigenvalue weighted by molar-refractivity contribution is 7.99. The minimum atomic E-state index is -0.0753. The zero-order chi connectivity index (χ0) is 16.5. The molecule has 0 aliphatic heterocycles. The highest BCUT2D eigenvalue weighted by atomic mass is 32.2. The van der Waals surface area contributed by atoms with E-state index >= 15 is 0 Å². The van der Waals surface area contributed by atoms with Crippen molar-refractivity contribution in [3.05, 3.63) is 47.9 Å². The van der Waals surface area contributed by atoms with Crippen LogP contribution in [-0.4, -0.2) is 21.6 Å². The van der Waals surface area contributed by atoms with Gasteiger partial charge in [-0.2, -0.15) is 5.26 Å². The molecule has 6 heteroatoms. The van der Waals surface area contributed by atoms with Crippen LogP contribution < -0.4 is 5.32 Å². The standard InChI is InChI=1S/C17H18N4OS/c1-2-4-14-7-6-13(11-18)17(21-14)23-10-8-16(22)20-15-5-3-9-19-12-15/h3,5-7,9,12H,2,4,8,10H2,1H3,(H,20,22). The van der Waals surface area contributed by atoms with Gasteiger partial charge in [-0.1, -0.05) is 13.3 Å². The van der Waals surface area contributed by atoms with Crippen LogP contribution in [0.1, 0.15) is 31.0 Å². The van der Waals surface area contributed by atoms with E-state index < -0.39 is 0 Å². The van der Waals surface area contributed by atoms with Crippen LogP contribution in [0.3, 0.4) is 0 Å². The van der Waals surface area contributed by atoms with Crippen molar-refractivity contribution < 1.29 is 4.79 Å². The van der Waals surface area contributed by atoms with E-state index in [9.17, 15) is 4.79 Å². The smallest absolute Gasteiger partial charge is 0.225 e. The Bertz CT molecular complexity index is 697. The summed E-state index contributed by atoms with van der Waals surface area (Å²) in [6.07, 6.45) is 5.51. The predicted octanol–water partition coefficient (Wildman–Crippen LogP) is 3.42. The summed E-state index contributed by atoms with van der Waals surface area (Å²) in [6.45, 7) is 2.09. The van der Waals surface area contributed by atoms with E-state index in [0.29, 0.717) is 28.5 Å². The van der Waals surface area contributed by atoms with Crippen molar-refractivity contribution in [2.75, 3.05) is 11.1 Å². The molecule has 0 saturated heterocycles. The topological polar surface area (TPSA) is 78.7 Å². The lowest BCUT2D eigenvalue weighted by molar-refractivity contribution is -0.115. The number of pyridine rings is 2. The maximum absolute atomic E-state index is 11.9. The van der Waals surface area contributed by atoms with Crippen molar-refractivity contribution in [1.29, 1.82) is 5.26 Å². The number of nitrogens with zero attached hydrogens (tertiary/aromatic N) is 3. The van der Waals surface area contributed by atoms with Gasteiger partial charge < -0.3 is 5.32 Å². The number of aromatic nitrogens is 2. The maximum atomic E-state index is 11.9. The molecule has 0 saturated carbocycles. The molecule has 1 amide bonds. The zero-order valence-corrected chi connectivity index (χ0v) is 13.8. The summed E-state index contributed by atoms with van der Waals surface area (Å²) < 4.78 is 0. The summed E-state index contributed by atoms with van der Waals surface area (Å²) in [5.41, 5.74) is 2.22. The van der Waals surface area contributed by atoms with Gasteiger partial charge in [0, 0.05) is 24.1 Å². The van der Waals surface area contributed by atoms with Crippen molar-refractivity contribution >= 4 is 23.4 Å². The Labute approximate surface area is 140 Å². The van der Waals surface area contributed by atoms with Gasteiger partial charge in [-0.3, -0.25) is 9.78 Å². The quantitative estimate of drug-likeness (QED) is 0.789. The molecule has 0 aliphatic rings. The van der Waals surface area contributed by atoms with Crippen LogP contribution in [0.2, 0.25) is 0 Å². The van der Waals surface area contributed by atoms with E-state index in [4.69, 9.17) is 5.26 Å². The molecule has 0 atom stereocenters. The number of nitrogens with one attached hydrogen (secondary N) is 1. The minimum Gasteiger partial charge on any atom is -0.325 e. The summed E-state index contributed by atoms with van der Waals surface area (Å²) >= 11 is 1.44. The molecule has 0 radical (unpaired) electrons. The van der Waals surface area contributed by atoms with Crippen LogP contribution in [0.4, 0.5) is 5.69 Å². The largest absolute Gasteiger partial charge is 0.325 e. The molecule has 2 aromatic rings. The van der Waals surface area contributed by atoms with E-state index in [0.717, 1.165) is 18.5 Å². The molecule has 5 nitrogen and oxygen atoms in total. The second-order valence-corrected chi connectivity index (χ2v) is 5.99. The van der Waals surface area contributed by atoms with Crippen molar-refractivity contribution in [2.45, 2.75) is 31.2 Å². The van der Waals surface area contributed by atoms with Gasteiger partial charge in [0.2, 0.25) is 5.91 Å². The molecular formula is C17H18N4OS. The summed E-state index contributed by atoms with van der Waals surface area (Å²) in [4.78, 5) is 20.4. The first-order valence-corrected chi connectivity index (χ1v) is 8.44. The van der Waals surface area contributed by atoms with E-state index in [2.05, 4.69) is 28.3 Å². The normalized spacial score (nSPS) is 10.1. The lowest BCUT2D eigenvalue weighted by Gasteiger charge is -2.07. The highest BCUT2D eigenvalue weighted by Crippen LogP contribution is 2.22. The monoisotopic (exact) mass is 326 g/mol. The molecule has 0 spiro atoms. The second-order valence-electron chi connectivity index (χ2n) is 4.91. The van der Waals surface area contributed by atoms with E-state index in [1.54, 1.807) is 30.6 Å². The van der Waals surface area contributed by atoms with Gasteiger partial charge in [-0.25, -0.2) is 4.98 Å². The van der Waals surface area contributed by atoms with Crippen LogP contribution in [0.5, 0.6) is 0 Å². The van der Waals surface area contributed by atoms with Crippen LogP contribution in [0.25, 0.3) is 0 Å². The first-order chi connectivity index (χ1) is 11.2. The Morgan fingerprint density at radius 2 is 2.26 bits per heavy atom. The lowest BCUT2D eigenvalue weighted by Crippen LogP contribution is -2.12. The Morgan fingerprint density at radius 3 is 2.96 bits per heavy atom. The average Bonchev–Trinajstić information content (AvgIpc) is 2.56. The number of anilines is 1. The summed E-state index contributed by atoms with van der Waals surface area (Å²) in [6, 6.07) is 9.41. The number of rotatable bonds is 7. The van der Waals surface area contributed by atoms with Crippen LogP contribution in [0.15, 0.2) is 41.7 Å². The van der Waals surface area contributed by atoms with E-state index in [1.807, 2.05) is 6.07 Å². The Kier molecular flexibility index (Phi) is 6.57. The number of amides is 1. The van der Waals surface area contributed by atoms with Crippen LogP contribution in [-0.2, 0) is 11.2 Å². The van der Waals surface area contributed by atoms with Gasteiger partial charge in [0.05, 0.1) is 17.4 Å². The molecule has 118 valence electrons. The SMILES string of the molecule is CCCc1ccc(C#N)c(SCCC(=O)Nc2cccnc2)n1. The average molecular weight is 326 g/mol. The van der Waals surface area contributed by atoms with Gasteiger partial charge in [0.15, 0.2) is 0 Å². The first-order valence-electron chi connectivity index (χ1n) is 7.45. The number of carbonyl (C=O) groups is 1. The number of hydrogen-bond donors (Lipinski definition) is 1. The van der Waals surface area contributed by atoms with Crippen molar-refractivity contribution in [2.24, 2.45) is 0 Å². The molecule has 2 heterocycles. The third-order valence-corrected chi connectivity index (χ3v) is 4.05. The molecule has 23 heavy (non-hydrogen) atoms. The third-order valence-electron chi connectivity index (χ3n) is 3.06. The van der Waals surface area contributed by atoms with Gasteiger partial charge in [0.25, 0.3) is 0 Å². The molecular weight excluding hydrogens is 308 g/mol. The van der Waals surface area contributed by atoms with Crippen molar-refractivity contribution in [3.8, 4) is 6.07 Å². The fourth-order valence-corrected chi connectivity index (χ4v) is 2.90. The number of nitriles is 1. The zero-order valence-electron chi connectivity index (χ0n) is 13.0. The van der Waals surface area contributed by atoms with Gasteiger partial charge in [0.1, 0.15) is 11.1 Å². The molecule has 2 rings (SSSR count). The molecule has 0 unspecified atom stereocenters. The van der Waals surface area contributed by atoms with Crippen molar-refractivity contribution in [1.82, 2.24) is 9.97 Å². The van der Waals surface area contributed by atoms with Gasteiger partial charge in [-0.15, -0.1) is 11.8 Å². The fraction of sp³-hybridized carbons (Fsp3) is 0.294. The number of thioether (sulfide) groups is 1. The summed E-state index contributed by atoms with van der Waals surface area (Å²) in [5, 5.41) is 12.6. The Hall–Kier alpha value is -2.39.